The summed E-state index contributed by atoms with van der Waals surface area (Å²) >= 11 is 0. The van der Waals surface area contributed by atoms with E-state index in [2.05, 4.69) is 38.1 Å². The van der Waals surface area contributed by atoms with Gasteiger partial charge < -0.3 is 0 Å². The van der Waals surface area contributed by atoms with Gasteiger partial charge in [-0.2, -0.15) is 0 Å². The Bertz CT molecular complexity index is 787. The van der Waals surface area contributed by atoms with Crippen LogP contribution in [-0.2, 0) is 6.42 Å². The summed E-state index contributed by atoms with van der Waals surface area (Å²) in [5, 5.41) is 0. The second kappa shape index (κ2) is 16.6. The van der Waals surface area contributed by atoms with E-state index in [0.29, 0.717) is 12.0 Å². The predicted molar refractivity (Wildman–Crippen MR) is 141 cm³/mol. The fourth-order valence-corrected chi connectivity index (χ4v) is 4.29. The summed E-state index contributed by atoms with van der Waals surface area (Å²) in [6.07, 6.45) is 17.1. The zero-order valence-corrected chi connectivity index (χ0v) is 21.0. The molecule has 0 amide bonds. The third kappa shape index (κ3) is 10.7. The lowest BCUT2D eigenvalue weighted by molar-refractivity contribution is 0.531. The Hall–Kier alpha value is -1.96. The van der Waals surface area contributed by atoms with Crippen LogP contribution in [0.3, 0.4) is 0 Å². The van der Waals surface area contributed by atoms with Crippen LogP contribution >= 0.6 is 0 Å². The molecule has 33 heavy (non-hydrogen) atoms. The third-order valence-corrected chi connectivity index (χ3v) is 6.48. The van der Waals surface area contributed by atoms with Crippen LogP contribution in [0.5, 0.6) is 0 Å². The van der Waals surface area contributed by atoms with Gasteiger partial charge in [-0.3, -0.25) is 0 Å². The number of hydrogen-bond acceptors (Lipinski definition) is 0. The SMILES string of the molecule is CCCCCCCCCCc1ccc(-c2ccc(/C(F)=C(\F)CCCCCCC)cc2)cc1. The van der Waals surface area contributed by atoms with E-state index >= 15 is 0 Å². The van der Waals surface area contributed by atoms with Gasteiger partial charge in [0, 0.05) is 12.0 Å². The smallest absolute Gasteiger partial charge is 0.161 e. The second-order valence-corrected chi connectivity index (χ2v) is 9.38. The maximum absolute atomic E-state index is 14.4. The predicted octanol–water partition coefficient (Wildman–Crippen LogP) is 11.0. The van der Waals surface area contributed by atoms with Crippen LogP contribution in [0.1, 0.15) is 115 Å². The molecule has 0 aliphatic carbocycles. The third-order valence-electron chi connectivity index (χ3n) is 6.48. The summed E-state index contributed by atoms with van der Waals surface area (Å²) in [7, 11) is 0. The van der Waals surface area contributed by atoms with Crippen LogP contribution in [0.4, 0.5) is 8.78 Å². The number of benzene rings is 2. The number of allylic oxidation sites excluding steroid dienone is 1. The molecule has 0 atom stereocenters. The quantitative estimate of drug-likeness (QED) is 0.208. The zero-order chi connectivity index (χ0) is 23.7. The Morgan fingerprint density at radius 3 is 1.55 bits per heavy atom. The van der Waals surface area contributed by atoms with Gasteiger partial charge in [-0.05, 0) is 36.0 Å². The van der Waals surface area contributed by atoms with Gasteiger partial charge in [-0.25, -0.2) is 8.78 Å². The molecule has 0 fully saturated rings. The average molecular weight is 455 g/mol. The van der Waals surface area contributed by atoms with Crippen molar-refractivity contribution in [1.82, 2.24) is 0 Å². The molecule has 0 aromatic heterocycles. The molecule has 0 saturated heterocycles. The van der Waals surface area contributed by atoms with Gasteiger partial charge in [0.25, 0.3) is 0 Å². The van der Waals surface area contributed by atoms with E-state index in [-0.39, 0.29) is 6.42 Å². The van der Waals surface area contributed by atoms with Crippen molar-refractivity contribution in [2.24, 2.45) is 0 Å². The van der Waals surface area contributed by atoms with Crippen molar-refractivity contribution in [1.29, 1.82) is 0 Å². The topological polar surface area (TPSA) is 0 Å². The van der Waals surface area contributed by atoms with Crippen molar-refractivity contribution in [3.05, 3.63) is 65.5 Å². The molecule has 0 bridgehead atoms. The van der Waals surface area contributed by atoms with E-state index in [1.807, 2.05) is 12.1 Å². The van der Waals surface area contributed by atoms with E-state index in [0.717, 1.165) is 43.2 Å². The molecular formula is C31H44F2. The van der Waals surface area contributed by atoms with Gasteiger partial charge in [0.2, 0.25) is 0 Å². The highest BCUT2D eigenvalue weighted by atomic mass is 19.2. The zero-order valence-electron chi connectivity index (χ0n) is 21.0. The first-order valence-corrected chi connectivity index (χ1v) is 13.4. The molecule has 2 aromatic rings. The Morgan fingerprint density at radius 1 is 0.545 bits per heavy atom. The van der Waals surface area contributed by atoms with Crippen molar-refractivity contribution < 1.29 is 8.78 Å². The summed E-state index contributed by atoms with van der Waals surface area (Å²) in [6.45, 7) is 4.41. The molecule has 0 unspecified atom stereocenters. The lowest BCUT2D eigenvalue weighted by Crippen LogP contribution is -1.88. The molecule has 0 spiro atoms. The summed E-state index contributed by atoms with van der Waals surface area (Å²) in [5.74, 6) is -1.33. The molecule has 2 rings (SSSR count). The number of halogens is 2. The summed E-state index contributed by atoms with van der Waals surface area (Å²) < 4.78 is 28.6. The Labute approximate surface area is 201 Å². The van der Waals surface area contributed by atoms with Crippen LogP contribution in [0.15, 0.2) is 54.4 Å². The van der Waals surface area contributed by atoms with Crippen molar-refractivity contribution in [2.75, 3.05) is 0 Å². The minimum atomic E-state index is -0.710. The number of rotatable bonds is 17. The van der Waals surface area contributed by atoms with Gasteiger partial charge in [-0.15, -0.1) is 0 Å². The van der Waals surface area contributed by atoms with E-state index < -0.39 is 11.7 Å². The summed E-state index contributed by atoms with van der Waals surface area (Å²) in [4.78, 5) is 0. The maximum atomic E-state index is 14.4. The van der Waals surface area contributed by atoms with E-state index in [9.17, 15) is 8.78 Å². The monoisotopic (exact) mass is 454 g/mol. The first-order chi connectivity index (χ1) is 16.2. The number of hydrogen-bond donors (Lipinski definition) is 0. The van der Waals surface area contributed by atoms with E-state index in [1.54, 1.807) is 12.1 Å². The molecule has 2 heteroatoms. The molecule has 2 aromatic carbocycles. The highest BCUT2D eigenvalue weighted by Gasteiger charge is 2.09. The molecule has 0 N–H and O–H groups in total. The van der Waals surface area contributed by atoms with Crippen molar-refractivity contribution in [2.45, 2.75) is 110 Å². The molecule has 0 nitrogen and oxygen atoms in total. The fourth-order valence-electron chi connectivity index (χ4n) is 4.29. The fraction of sp³-hybridized carbons (Fsp3) is 0.548. The lowest BCUT2D eigenvalue weighted by atomic mass is 9.99. The molecule has 0 saturated carbocycles. The molecule has 0 heterocycles. The summed E-state index contributed by atoms with van der Waals surface area (Å²) in [6, 6.07) is 15.8. The normalized spacial score (nSPS) is 12.1. The van der Waals surface area contributed by atoms with Crippen molar-refractivity contribution in [3.8, 4) is 11.1 Å². The van der Waals surface area contributed by atoms with Gasteiger partial charge in [0.05, 0.1) is 0 Å². The van der Waals surface area contributed by atoms with Crippen LogP contribution in [-0.4, -0.2) is 0 Å². The lowest BCUT2D eigenvalue weighted by Gasteiger charge is -2.07. The minimum Gasteiger partial charge on any atom is -0.209 e. The van der Waals surface area contributed by atoms with Crippen molar-refractivity contribution >= 4 is 5.83 Å². The van der Waals surface area contributed by atoms with Gasteiger partial charge in [-0.1, -0.05) is 133 Å². The average Bonchev–Trinajstić information content (AvgIpc) is 2.85. The second-order valence-electron chi connectivity index (χ2n) is 9.38. The van der Waals surface area contributed by atoms with Crippen LogP contribution in [0, 0.1) is 0 Å². The van der Waals surface area contributed by atoms with Crippen molar-refractivity contribution in [3.63, 3.8) is 0 Å². The number of aryl methyl sites for hydroxylation is 1. The molecule has 182 valence electrons. The molecule has 0 aliphatic heterocycles. The first kappa shape index (κ1) is 27.3. The van der Waals surface area contributed by atoms with E-state index in [1.165, 1.54) is 56.9 Å². The summed E-state index contributed by atoms with van der Waals surface area (Å²) in [5.41, 5.74) is 3.85. The maximum Gasteiger partial charge on any atom is 0.161 e. The number of unbranched alkanes of at least 4 members (excludes halogenated alkanes) is 11. The van der Waals surface area contributed by atoms with Gasteiger partial charge >= 0.3 is 0 Å². The van der Waals surface area contributed by atoms with Crippen LogP contribution in [0.2, 0.25) is 0 Å². The molecule has 0 radical (unpaired) electrons. The largest absolute Gasteiger partial charge is 0.209 e. The van der Waals surface area contributed by atoms with Gasteiger partial charge in [0.1, 0.15) is 5.83 Å². The first-order valence-electron chi connectivity index (χ1n) is 13.4. The standard InChI is InChI=1S/C31H44F2/c1-3-5-7-9-10-11-13-14-16-26-18-20-27(21-19-26)28-22-24-29(25-23-28)31(33)30(32)17-15-12-8-6-4-2/h18-25H,3-17H2,1-2H3/b31-30+. The van der Waals surface area contributed by atoms with Crippen LogP contribution in [0.25, 0.3) is 17.0 Å². The highest BCUT2D eigenvalue weighted by Crippen LogP contribution is 2.28. The Morgan fingerprint density at radius 2 is 1.00 bits per heavy atom. The highest BCUT2D eigenvalue weighted by molar-refractivity contribution is 5.68. The minimum absolute atomic E-state index is 0.192. The van der Waals surface area contributed by atoms with E-state index in [4.69, 9.17) is 0 Å². The Kier molecular flexibility index (Phi) is 13.7. The van der Waals surface area contributed by atoms with Crippen LogP contribution < -0.4 is 0 Å². The Balaban J connectivity index is 1.78. The molecular weight excluding hydrogens is 410 g/mol. The molecule has 0 aliphatic rings. The van der Waals surface area contributed by atoms with Gasteiger partial charge in [0.15, 0.2) is 5.83 Å².